The Balaban J connectivity index is 0.000000272. The maximum absolute atomic E-state index is 11.9. The number of rotatable bonds is 20. The Morgan fingerprint density at radius 1 is 0.486 bits per heavy atom. The molecule has 0 bridgehead atoms. The number of thioether (sulfide) groups is 2. The Bertz CT molecular complexity index is 4000. The molecule has 7 aromatic heterocycles. The fraction of sp³-hybridized carbons (Fsp3) is 0.492. The molecule has 3 N–H and O–H groups in total. The van der Waals surface area contributed by atoms with Crippen molar-refractivity contribution in [2.75, 3.05) is 190 Å². The number of ether oxygens (including phenoxy) is 11. The van der Waals surface area contributed by atoms with E-state index in [0.717, 1.165) is 13.1 Å². The van der Waals surface area contributed by atoms with E-state index in [0.29, 0.717) is 146 Å². The van der Waals surface area contributed by atoms with Crippen molar-refractivity contribution in [3.05, 3.63) is 86.1 Å². The number of morpholine rings is 4. The Labute approximate surface area is 724 Å². The summed E-state index contributed by atoms with van der Waals surface area (Å²) in [6, 6.07) is 0. The van der Waals surface area contributed by atoms with Crippen molar-refractivity contribution in [1.82, 2.24) is 80.4 Å². The van der Waals surface area contributed by atoms with Gasteiger partial charge in [0.25, 0.3) is 17.4 Å². The third-order valence-corrected chi connectivity index (χ3v) is 15.1. The number of halogens is 1. The molecule has 11 rings (SSSR count). The molecule has 0 radical (unpaired) electrons. The van der Waals surface area contributed by atoms with Crippen LogP contribution in [0.2, 0.25) is 5.15 Å². The summed E-state index contributed by atoms with van der Waals surface area (Å²) in [5.41, 5.74) is -0.186. The first-order chi connectivity index (χ1) is 50.8. The Kier molecular flexibility index (Phi) is 43.8. The van der Waals surface area contributed by atoms with Gasteiger partial charge in [0.05, 0.1) is 124 Å². The third-order valence-electron chi connectivity index (χ3n) is 13.7. The summed E-state index contributed by atoms with van der Waals surface area (Å²) in [5, 5.41) is 39.7. The van der Waals surface area contributed by atoms with Gasteiger partial charge in [-0.1, -0.05) is 40.2 Å². The van der Waals surface area contributed by atoms with Crippen molar-refractivity contribution in [2.24, 2.45) is 0 Å². The molecule has 7 aromatic rings. The number of hydrogen-bond donors (Lipinski definition) is 3. The van der Waals surface area contributed by atoms with Crippen LogP contribution in [0.25, 0.3) is 0 Å². The van der Waals surface area contributed by atoms with E-state index in [1.807, 2.05) is 32.1 Å². The van der Waals surface area contributed by atoms with E-state index in [9.17, 15) is 43.8 Å². The van der Waals surface area contributed by atoms with Crippen molar-refractivity contribution in [2.45, 2.75) is 44.9 Å². The van der Waals surface area contributed by atoms with Gasteiger partial charge < -0.3 is 81.9 Å². The smallest absolute Gasteiger partial charge is 0.858 e. The number of esters is 5. The number of carbonyl (C=O) groups is 6. The number of anilines is 5. The van der Waals surface area contributed by atoms with Crippen LogP contribution in [-0.4, -0.2) is 281 Å². The molecule has 568 valence electrons. The van der Waals surface area contributed by atoms with E-state index >= 15 is 0 Å². The van der Waals surface area contributed by atoms with Gasteiger partial charge in [0.15, 0.2) is 10.3 Å². The van der Waals surface area contributed by atoms with E-state index in [1.165, 1.54) is 74.9 Å². The molecule has 1 amide bonds. The van der Waals surface area contributed by atoms with E-state index < -0.39 is 53.1 Å². The monoisotopic (exact) mass is 1690 g/mol. The molecular weight excluding hydrogens is 1620 g/mol. The van der Waals surface area contributed by atoms with Crippen LogP contribution in [-0.2, 0) is 42.6 Å². The number of methoxy groups -OCH3 is 2. The number of hydrogen-bond acceptors (Lipinski definition) is 40. The second kappa shape index (κ2) is 50.7. The van der Waals surface area contributed by atoms with Crippen LogP contribution in [0.15, 0.2) is 52.3 Å². The molecule has 4 aliphatic rings. The minimum Gasteiger partial charge on any atom is -0.858 e. The molecule has 4 saturated heterocycles. The number of aromatic amines is 2. The molecular formula is C61H78ClN21O20Rb2S2. The van der Waals surface area contributed by atoms with Crippen molar-refractivity contribution in [3.8, 4) is 23.5 Å². The van der Waals surface area contributed by atoms with Gasteiger partial charge in [-0.2, -0.15) is 15.2 Å². The van der Waals surface area contributed by atoms with Gasteiger partial charge in [0, 0.05) is 88.9 Å². The van der Waals surface area contributed by atoms with Gasteiger partial charge in [-0.15, -0.1) is 5.10 Å². The Hall–Kier alpha value is -6.99. The number of amides is 1. The van der Waals surface area contributed by atoms with Gasteiger partial charge in [0.2, 0.25) is 35.6 Å². The van der Waals surface area contributed by atoms with Crippen LogP contribution >= 0.6 is 35.1 Å². The van der Waals surface area contributed by atoms with Crippen LogP contribution in [0.4, 0.5) is 29.7 Å². The number of tetrazole rings is 1. The average Bonchev–Trinajstić information content (AvgIpc) is 0.900. The predicted molar refractivity (Wildman–Crippen MR) is 370 cm³/mol. The van der Waals surface area contributed by atoms with Crippen molar-refractivity contribution in [1.29, 1.82) is 0 Å². The summed E-state index contributed by atoms with van der Waals surface area (Å²) in [6.45, 7) is 19.9. The predicted octanol–water partition coefficient (Wildman–Crippen LogP) is -4.58. The van der Waals surface area contributed by atoms with E-state index in [4.69, 9.17) is 63.7 Å². The fourth-order valence-corrected chi connectivity index (χ4v) is 9.56. The van der Waals surface area contributed by atoms with E-state index in [1.54, 1.807) is 34.6 Å². The van der Waals surface area contributed by atoms with Crippen LogP contribution in [0.1, 0.15) is 96.8 Å². The molecule has 0 unspecified atom stereocenters. The topological polar surface area (TPSA) is 504 Å². The second-order valence-electron chi connectivity index (χ2n) is 20.4. The van der Waals surface area contributed by atoms with E-state index in [-0.39, 0.29) is 186 Å². The molecule has 46 heteroatoms. The fourth-order valence-electron chi connectivity index (χ4n) is 8.63. The SMILES string of the molecule is CCOC(=O)c1cnc(N2CCOCC2)[nH]c1=O.CCOC(=O)c1cnc(N2CCOCC2)nc1OC.CCOC(=O)c1cnc(N2CCOCC2)nc1[O-].CCOC(=O)c1cnc(SC)nc1Cl.CCOC(=O)c1cnc(SC)nc1OC.O=C(Nc1nn[nH]n1)c1cnc(N2CCOCC2)nc1[O-].[Rb+].[Rb+]. The second-order valence-corrected chi connectivity index (χ2v) is 22.3. The summed E-state index contributed by atoms with van der Waals surface area (Å²) in [6.07, 6.45) is 11.6. The zero-order valence-electron chi connectivity index (χ0n) is 60.7. The summed E-state index contributed by atoms with van der Waals surface area (Å²) < 4.78 is 55.0. The molecule has 0 atom stereocenters. The molecule has 41 nitrogen and oxygen atoms in total. The number of aromatic nitrogens is 16. The minimum atomic E-state index is -0.685. The van der Waals surface area contributed by atoms with Gasteiger partial charge in [-0.3, -0.25) is 19.9 Å². The zero-order chi connectivity index (χ0) is 76.0. The molecule has 4 fully saturated rings. The molecule has 107 heavy (non-hydrogen) atoms. The molecule has 0 aromatic carbocycles. The van der Waals surface area contributed by atoms with Gasteiger partial charge >= 0.3 is 146 Å². The Morgan fingerprint density at radius 2 is 0.841 bits per heavy atom. The number of carbonyl (C=O) groups excluding carboxylic acids is 6. The van der Waals surface area contributed by atoms with Crippen LogP contribution in [0, 0.1) is 0 Å². The van der Waals surface area contributed by atoms with Crippen molar-refractivity contribution in [3.63, 3.8) is 0 Å². The first-order valence-corrected chi connectivity index (χ1v) is 35.0. The summed E-state index contributed by atoms with van der Waals surface area (Å²) >= 11 is 8.51. The van der Waals surface area contributed by atoms with Crippen LogP contribution < -0.4 is 167 Å². The van der Waals surface area contributed by atoms with Crippen LogP contribution in [0.3, 0.4) is 0 Å². The number of H-pyrrole nitrogens is 2. The molecule has 0 saturated carbocycles. The first kappa shape index (κ1) is 92.4. The minimum absolute atomic E-state index is 0. The summed E-state index contributed by atoms with van der Waals surface area (Å²) in [7, 11) is 2.92. The van der Waals surface area contributed by atoms with E-state index in [2.05, 4.69) is 85.7 Å². The van der Waals surface area contributed by atoms with Crippen LogP contribution in [0.5, 0.6) is 23.5 Å². The quantitative estimate of drug-likeness (QED) is 0.0213. The summed E-state index contributed by atoms with van der Waals surface area (Å²) in [5.74, 6) is -2.68. The molecule has 0 spiro atoms. The molecule has 4 aliphatic heterocycles. The maximum Gasteiger partial charge on any atom is 1.00 e. The van der Waals surface area contributed by atoms with Gasteiger partial charge in [-0.25, -0.2) is 68.8 Å². The zero-order valence-corrected chi connectivity index (χ0v) is 72.9. The summed E-state index contributed by atoms with van der Waals surface area (Å²) in [4.78, 5) is 135. The first-order valence-electron chi connectivity index (χ1n) is 32.2. The normalized spacial score (nSPS) is 13.5. The van der Waals surface area contributed by atoms with Gasteiger partial charge in [0.1, 0.15) is 27.4 Å². The number of nitrogens with zero attached hydrogens (tertiary/aromatic N) is 18. The largest absolute Gasteiger partial charge is 1.00 e. The molecule has 11 heterocycles. The van der Waals surface area contributed by atoms with Crippen molar-refractivity contribution < 1.29 is 207 Å². The maximum atomic E-state index is 11.9. The standard InChI is InChI=1S/C12H17N3O4.2C11H15N3O4.C10H12N8O3.C9H12N2O3S.C8H9ClN2O2S.2Rb/c1-3-19-11(16)9-8-13-12(14-10(9)17-2)15-4-6-18-7-5-15;2*1-2-18-10(16)8-7-12-11(13-9(8)15)14-3-5-17-6-4-14;19-7(12-9-14-16-17-15-9)6-5-11-10(13-8(6)20)18-1-3-21-4-2-18;1-4-14-8(12)6-5-10-9(15-3)11-7(6)13-2;1-3-13-7(12)5-4-10-8(14-2)11-6(5)9;;/h8H,3-7H2,1-2H3;2*7H,2-6H2,1H3,(H,12,13,15);5H,1-4H2,(H,11,13,20)(H2,12,14,15,16,17,19);5H,4H2,1-3H3;4H,3H2,1-2H3;;/q;;;;;;2*+1/p-2. The van der Waals surface area contributed by atoms with Gasteiger partial charge in [-0.05, 0) is 52.3 Å². The average molecular weight is 1700 g/mol. The third kappa shape index (κ3) is 29.7. The Morgan fingerprint density at radius 3 is 1.23 bits per heavy atom. The van der Waals surface area contributed by atoms with Crippen molar-refractivity contribution >= 4 is 101 Å². The number of nitrogens with one attached hydrogen (secondary N) is 3. The molecule has 0 aliphatic carbocycles.